The van der Waals surface area contributed by atoms with E-state index in [2.05, 4.69) is 17.3 Å². The van der Waals surface area contributed by atoms with Crippen LogP contribution in [0.25, 0.3) is 0 Å². The van der Waals surface area contributed by atoms with Gasteiger partial charge in [-0.15, -0.1) is 0 Å². The van der Waals surface area contributed by atoms with Gasteiger partial charge in [-0.05, 0) is 26.1 Å². The standard InChI is InChI=1S/C12H22N4OS/c1-9-11(10(2)16(4)14-9)8-15(3)12(18)13-6-7-17-5/h6-8H2,1-5H3,(H,13,18). The first-order valence-corrected chi connectivity index (χ1v) is 6.35. The van der Waals surface area contributed by atoms with Gasteiger partial charge in [-0.2, -0.15) is 5.10 Å². The second-order valence-corrected chi connectivity index (χ2v) is 4.74. The zero-order chi connectivity index (χ0) is 13.7. The van der Waals surface area contributed by atoms with Gasteiger partial charge in [-0.25, -0.2) is 0 Å². The van der Waals surface area contributed by atoms with Crippen LogP contribution >= 0.6 is 12.2 Å². The Labute approximate surface area is 114 Å². The van der Waals surface area contributed by atoms with Crippen molar-refractivity contribution in [1.29, 1.82) is 0 Å². The van der Waals surface area contributed by atoms with Crippen LogP contribution in [0.2, 0.25) is 0 Å². The van der Waals surface area contributed by atoms with E-state index in [4.69, 9.17) is 17.0 Å². The Morgan fingerprint density at radius 3 is 2.67 bits per heavy atom. The Morgan fingerprint density at radius 2 is 2.17 bits per heavy atom. The number of nitrogens with one attached hydrogen (secondary N) is 1. The average Bonchev–Trinajstić information content (AvgIpc) is 2.56. The third kappa shape index (κ3) is 3.68. The summed E-state index contributed by atoms with van der Waals surface area (Å²) < 4.78 is 6.88. The number of rotatable bonds is 5. The number of methoxy groups -OCH3 is 1. The molecule has 102 valence electrons. The van der Waals surface area contributed by atoms with E-state index in [1.165, 1.54) is 11.3 Å². The molecule has 0 aromatic carbocycles. The molecule has 6 heteroatoms. The summed E-state index contributed by atoms with van der Waals surface area (Å²) in [6.07, 6.45) is 0. The lowest BCUT2D eigenvalue weighted by molar-refractivity contribution is 0.203. The molecule has 0 aliphatic rings. The Bertz CT molecular complexity index is 416. The maximum atomic E-state index is 5.31. The van der Waals surface area contributed by atoms with Crippen LogP contribution in [0.5, 0.6) is 0 Å². The number of ether oxygens (including phenoxy) is 1. The van der Waals surface area contributed by atoms with Gasteiger partial charge in [0.2, 0.25) is 0 Å². The maximum absolute atomic E-state index is 5.31. The fourth-order valence-corrected chi connectivity index (χ4v) is 1.92. The summed E-state index contributed by atoms with van der Waals surface area (Å²) in [4.78, 5) is 2.02. The largest absolute Gasteiger partial charge is 0.383 e. The van der Waals surface area contributed by atoms with Crippen LogP contribution in [0.4, 0.5) is 0 Å². The molecule has 0 aliphatic carbocycles. The molecule has 1 aromatic rings. The Hall–Kier alpha value is -1.14. The lowest BCUT2D eigenvalue weighted by atomic mass is 10.2. The van der Waals surface area contributed by atoms with Crippen LogP contribution in [0, 0.1) is 13.8 Å². The van der Waals surface area contributed by atoms with Crippen molar-refractivity contribution in [2.75, 3.05) is 27.3 Å². The third-order valence-electron chi connectivity index (χ3n) is 2.98. The van der Waals surface area contributed by atoms with Crippen LogP contribution in [0.15, 0.2) is 0 Å². The highest BCUT2D eigenvalue weighted by atomic mass is 32.1. The number of aryl methyl sites for hydroxylation is 2. The normalized spacial score (nSPS) is 10.5. The van der Waals surface area contributed by atoms with E-state index < -0.39 is 0 Å². The van der Waals surface area contributed by atoms with Crippen molar-refractivity contribution in [2.24, 2.45) is 7.05 Å². The predicted octanol–water partition coefficient (Wildman–Crippen LogP) is 0.990. The van der Waals surface area contributed by atoms with Gasteiger partial charge in [0, 0.05) is 45.6 Å². The minimum Gasteiger partial charge on any atom is -0.383 e. The fourth-order valence-electron chi connectivity index (χ4n) is 1.75. The van der Waals surface area contributed by atoms with Gasteiger partial charge in [0.25, 0.3) is 0 Å². The third-order valence-corrected chi connectivity index (χ3v) is 3.44. The molecule has 0 unspecified atom stereocenters. The second-order valence-electron chi connectivity index (χ2n) is 4.35. The molecule has 0 aliphatic heterocycles. The summed E-state index contributed by atoms with van der Waals surface area (Å²) in [6, 6.07) is 0. The summed E-state index contributed by atoms with van der Waals surface area (Å²) in [5.41, 5.74) is 3.47. The Morgan fingerprint density at radius 1 is 1.50 bits per heavy atom. The summed E-state index contributed by atoms with van der Waals surface area (Å²) in [5.74, 6) is 0. The first-order chi connectivity index (χ1) is 8.47. The van der Waals surface area contributed by atoms with Gasteiger partial charge in [-0.1, -0.05) is 0 Å². The molecular weight excluding hydrogens is 248 g/mol. The van der Waals surface area contributed by atoms with E-state index in [0.717, 1.165) is 23.9 Å². The second kappa shape index (κ2) is 6.70. The van der Waals surface area contributed by atoms with Crippen LogP contribution in [-0.2, 0) is 18.3 Å². The zero-order valence-electron chi connectivity index (χ0n) is 11.8. The SMILES string of the molecule is COCCNC(=S)N(C)Cc1c(C)nn(C)c1C. The smallest absolute Gasteiger partial charge is 0.169 e. The van der Waals surface area contributed by atoms with E-state index >= 15 is 0 Å². The minimum atomic E-state index is 0.652. The number of hydrogen-bond acceptors (Lipinski definition) is 3. The first-order valence-electron chi connectivity index (χ1n) is 5.94. The van der Waals surface area contributed by atoms with E-state index in [9.17, 15) is 0 Å². The summed E-state index contributed by atoms with van der Waals surface area (Å²) in [5, 5.41) is 8.29. The molecule has 0 amide bonds. The highest BCUT2D eigenvalue weighted by molar-refractivity contribution is 7.80. The van der Waals surface area contributed by atoms with Gasteiger partial charge in [0.15, 0.2) is 5.11 Å². The molecule has 5 nitrogen and oxygen atoms in total. The summed E-state index contributed by atoms with van der Waals surface area (Å²) in [7, 11) is 5.62. The first kappa shape index (κ1) is 14.9. The lowest BCUT2D eigenvalue weighted by Crippen LogP contribution is -2.38. The molecule has 0 saturated carbocycles. The number of nitrogens with zero attached hydrogens (tertiary/aromatic N) is 3. The Balaban J connectivity index is 2.58. The zero-order valence-corrected chi connectivity index (χ0v) is 12.6. The molecular formula is C12H22N4OS. The molecule has 0 saturated heterocycles. The summed E-state index contributed by atoms with van der Waals surface area (Å²) >= 11 is 5.31. The van der Waals surface area contributed by atoms with Crippen molar-refractivity contribution in [3.05, 3.63) is 17.0 Å². The molecule has 0 spiro atoms. The fraction of sp³-hybridized carbons (Fsp3) is 0.667. The quantitative estimate of drug-likeness (QED) is 0.638. The van der Waals surface area contributed by atoms with Crippen molar-refractivity contribution < 1.29 is 4.74 Å². The molecule has 1 heterocycles. The molecule has 1 rings (SSSR count). The molecule has 0 fully saturated rings. The maximum Gasteiger partial charge on any atom is 0.169 e. The summed E-state index contributed by atoms with van der Waals surface area (Å²) in [6.45, 7) is 6.25. The van der Waals surface area contributed by atoms with Crippen molar-refractivity contribution in [3.8, 4) is 0 Å². The van der Waals surface area contributed by atoms with E-state index in [1.807, 2.05) is 30.6 Å². The lowest BCUT2D eigenvalue weighted by Gasteiger charge is -2.21. The predicted molar refractivity (Wildman–Crippen MR) is 76.6 cm³/mol. The molecule has 0 bridgehead atoms. The van der Waals surface area contributed by atoms with E-state index in [1.54, 1.807) is 7.11 Å². The molecule has 1 aromatic heterocycles. The highest BCUT2D eigenvalue weighted by Crippen LogP contribution is 2.13. The van der Waals surface area contributed by atoms with Gasteiger partial charge in [-0.3, -0.25) is 4.68 Å². The number of aromatic nitrogens is 2. The molecule has 1 N–H and O–H groups in total. The van der Waals surface area contributed by atoms with E-state index in [0.29, 0.717) is 6.61 Å². The van der Waals surface area contributed by atoms with Crippen molar-refractivity contribution >= 4 is 17.3 Å². The van der Waals surface area contributed by atoms with Crippen LogP contribution < -0.4 is 5.32 Å². The topological polar surface area (TPSA) is 42.3 Å². The Kier molecular flexibility index (Phi) is 5.55. The van der Waals surface area contributed by atoms with Gasteiger partial charge in [0.05, 0.1) is 12.3 Å². The molecule has 0 atom stereocenters. The minimum absolute atomic E-state index is 0.652. The van der Waals surface area contributed by atoms with Crippen LogP contribution in [0.3, 0.4) is 0 Å². The van der Waals surface area contributed by atoms with Crippen molar-refractivity contribution in [1.82, 2.24) is 20.0 Å². The average molecular weight is 270 g/mol. The number of thiocarbonyl (C=S) groups is 1. The number of hydrogen-bond donors (Lipinski definition) is 1. The van der Waals surface area contributed by atoms with Gasteiger partial charge < -0.3 is 15.0 Å². The molecule has 18 heavy (non-hydrogen) atoms. The van der Waals surface area contributed by atoms with Gasteiger partial charge in [0.1, 0.15) is 0 Å². The van der Waals surface area contributed by atoms with Crippen LogP contribution in [-0.4, -0.2) is 47.1 Å². The van der Waals surface area contributed by atoms with Crippen molar-refractivity contribution in [2.45, 2.75) is 20.4 Å². The molecule has 0 radical (unpaired) electrons. The highest BCUT2D eigenvalue weighted by Gasteiger charge is 2.12. The van der Waals surface area contributed by atoms with Gasteiger partial charge >= 0.3 is 0 Å². The van der Waals surface area contributed by atoms with E-state index in [-0.39, 0.29) is 0 Å². The van der Waals surface area contributed by atoms with Crippen LogP contribution in [0.1, 0.15) is 17.0 Å². The van der Waals surface area contributed by atoms with Crippen molar-refractivity contribution in [3.63, 3.8) is 0 Å². The monoisotopic (exact) mass is 270 g/mol.